The molecule has 128 valence electrons. The monoisotopic (exact) mass is 510 g/mol. The number of nitrogens with two attached hydrogens (primary N) is 1. The molecule has 3 rings (SSSR count). The van der Waals surface area contributed by atoms with Gasteiger partial charge in [-0.3, -0.25) is 4.99 Å². The van der Waals surface area contributed by atoms with Gasteiger partial charge in [-0.2, -0.15) is 11.8 Å². The van der Waals surface area contributed by atoms with Crippen molar-refractivity contribution in [2.45, 2.75) is 6.42 Å². The summed E-state index contributed by atoms with van der Waals surface area (Å²) in [7, 11) is 0. The van der Waals surface area contributed by atoms with Crippen LogP contribution >= 0.6 is 51.7 Å². The number of aliphatic imine (C=N–C) groups is 1. The highest BCUT2D eigenvalue weighted by Gasteiger charge is 2.23. The summed E-state index contributed by atoms with van der Waals surface area (Å²) in [5, 5.41) is 0. The lowest BCUT2D eigenvalue weighted by molar-refractivity contribution is 0.452. The predicted octanol–water partition coefficient (Wildman–Crippen LogP) is 3.26. The van der Waals surface area contributed by atoms with Gasteiger partial charge >= 0.3 is 0 Å². The normalized spacial score (nSPS) is 22.1. The minimum Gasteiger partial charge on any atom is -0.371 e. The van der Waals surface area contributed by atoms with Gasteiger partial charge in [0, 0.05) is 54.4 Å². The summed E-state index contributed by atoms with van der Waals surface area (Å²) in [5.74, 6) is 3.67. The number of hydrogen-bond donors (Lipinski definition) is 1. The minimum atomic E-state index is 0. The summed E-state index contributed by atoms with van der Waals surface area (Å²) in [6.07, 6.45) is 1.19. The number of nitrogens with zero attached hydrogens (tertiary/aromatic N) is 3. The molecule has 0 bridgehead atoms. The van der Waals surface area contributed by atoms with Gasteiger partial charge in [-0.25, -0.2) is 0 Å². The highest BCUT2D eigenvalue weighted by molar-refractivity contribution is 14.0. The molecule has 1 atom stereocenters. The van der Waals surface area contributed by atoms with Crippen LogP contribution in [0, 0.1) is 5.92 Å². The number of anilines is 1. The summed E-state index contributed by atoms with van der Waals surface area (Å²) in [6, 6.07) is 8.53. The summed E-state index contributed by atoms with van der Waals surface area (Å²) >= 11 is 5.54. The van der Waals surface area contributed by atoms with Crippen LogP contribution in [0.4, 0.5) is 5.69 Å². The van der Waals surface area contributed by atoms with Gasteiger partial charge in [0.15, 0.2) is 5.96 Å². The molecule has 0 aliphatic carbocycles. The molecule has 23 heavy (non-hydrogen) atoms. The number of guanidine groups is 1. The molecular weight excluding hydrogens is 487 g/mol. The van der Waals surface area contributed by atoms with Crippen LogP contribution in [0.25, 0.3) is 0 Å². The topological polar surface area (TPSA) is 44.9 Å². The van der Waals surface area contributed by atoms with E-state index in [2.05, 4.69) is 55.0 Å². The lowest BCUT2D eigenvalue weighted by atomic mass is 10.1. The van der Waals surface area contributed by atoms with Crippen LogP contribution in [0.5, 0.6) is 0 Å². The Morgan fingerprint density at radius 3 is 2.83 bits per heavy atom. The standard InChI is InChI=1S/C16H23BrN4S.HI/c17-14-2-1-3-15(10-14)21-5-4-13(12-21)11-19-16(18)20-6-8-22-9-7-20;/h1-3,10,13H,4-9,11-12H2,(H2,18,19);1H. The van der Waals surface area contributed by atoms with Crippen LogP contribution in [-0.4, -0.2) is 55.1 Å². The van der Waals surface area contributed by atoms with Gasteiger partial charge in [-0.1, -0.05) is 22.0 Å². The van der Waals surface area contributed by atoms with Crippen LogP contribution in [0.2, 0.25) is 0 Å². The molecule has 2 N–H and O–H groups in total. The Kier molecular flexibility index (Phi) is 7.81. The second kappa shape index (κ2) is 9.36. The molecule has 7 heteroatoms. The first kappa shape index (κ1) is 19.2. The van der Waals surface area contributed by atoms with Crippen molar-refractivity contribution < 1.29 is 0 Å². The lowest BCUT2D eigenvalue weighted by Gasteiger charge is -2.27. The molecule has 2 saturated heterocycles. The number of hydrogen-bond acceptors (Lipinski definition) is 3. The van der Waals surface area contributed by atoms with Crippen molar-refractivity contribution in [3.8, 4) is 0 Å². The molecule has 1 unspecified atom stereocenters. The van der Waals surface area contributed by atoms with Crippen molar-refractivity contribution in [3.63, 3.8) is 0 Å². The van der Waals surface area contributed by atoms with E-state index in [1.807, 2.05) is 11.8 Å². The van der Waals surface area contributed by atoms with Crippen molar-refractivity contribution in [1.29, 1.82) is 0 Å². The first-order valence-corrected chi connectivity index (χ1v) is 9.80. The van der Waals surface area contributed by atoms with Crippen LogP contribution in [0.1, 0.15) is 6.42 Å². The van der Waals surface area contributed by atoms with Crippen LogP contribution < -0.4 is 10.6 Å². The van der Waals surface area contributed by atoms with Gasteiger partial charge in [0.1, 0.15) is 0 Å². The lowest BCUT2D eigenvalue weighted by Crippen LogP contribution is -2.43. The zero-order valence-electron chi connectivity index (χ0n) is 13.2. The highest BCUT2D eigenvalue weighted by Crippen LogP contribution is 2.26. The molecule has 2 heterocycles. The molecule has 2 fully saturated rings. The molecule has 2 aliphatic rings. The highest BCUT2D eigenvalue weighted by atomic mass is 127. The predicted molar refractivity (Wildman–Crippen MR) is 115 cm³/mol. The molecule has 1 aromatic rings. The van der Waals surface area contributed by atoms with E-state index in [1.54, 1.807) is 0 Å². The minimum absolute atomic E-state index is 0. The summed E-state index contributed by atoms with van der Waals surface area (Å²) in [6.45, 7) is 5.10. The number of benzene rings is 1. The largest absolute Gasteiger partial charge is 0.371 e. The molecule has 0 radical (unpaired) electrons. The average molecular weight is 511 g/mol. The van der Waals surface area contributed by atoms with Crippen LogP contribution in [0.15, 0.2) is 33.7 Å². The van der Waals surface area contributed by atoms with Crippen molar-refractivity contribution in [2.75, 3.05) is 49.1 Å². The third-order valence-corrected chi connectivity index (χ3v) is 5.74. The van der Waals surface area contributed by atoms with E-state index in [0.29, 0.717) is 5.92 Å². The maximum atomic E-state index is 6.14. The van der Waals surface area contributed by atoms with Gasteiger partial charge in [0.2, 0.25) is 0 Å². The second-order valence-electron chi connectivity index (χ2n) is 5.88. The van der Waals surface area contributed by atoms with Gasteiger partial charge < -0.3 is 15.5 Å². The smallest absolute Gasteiger partial charge is 0.191 e. The molecular formula is C16H24BrIN4S. The third kappa shape index (κ3) is 5.42. The van der Waals surface area contributed by atoms with E-state index in [-0.39, 0.29) is 24.0 Å². The summed E-state index contributed by atoms with van der Waals surface area (Å²) < 4.78 is 1.14. The van der Waals surface area contributed by atoms with Crippen molar-refractivity contribution >= 4 is 63.3 Å². The zero-order chi connectivity index (χ0) is 15.4. The fourth-order valence-electron chi connectivity index (χ4n) is 3.00. The summed E-state index contributed by atoms with van der Waals surface area (Å²) in [4.78, 5) is 9.31. The second-order valence-corrected chi connectivity index (χ2v) is 8.02. The van der Waals surface area contributed by atoms with Gasteiger partial charge in [0.25, 0.3) is 0 Å². The third-order valence-electron chi connectivity index (χ3n) is 4.31. The van der Waals surface area contributed by atoms with Crippen molar-refractivity contribution in [3.05, 3.63) is 28.7 Å². The molecule has 4 nitrogen and oxygen atoms in total. The Morgan fingerprint density at radius 1 is 1.30 bits per heavy atom. The number of rotatable bonds is 3. The molecule has 0 saturated carbocycles. The number of thioether (sulfide) groups is 1. The first-order chi connectivity index (χ1) is 10.7. The van der Waals surface area contributed by atoms with Gasteiger partial charge in [-0.05, 0) is 30.5 Å². The fourth-order valence-corrected chi connectivity index (χ4v) is 4.29. The van der Waals surface area contributed by atoms with Crippen molar-refractivity contribution in [1.82, 2.24) is 4.90 Å². The Morgan fingerprint density at radius 2 is 2.09 bits per heavy atom. The molecule has 0 amide bonds. The van der Waals surface area contributed by atoms with E-state index in [4.69, 9.17) is 5.73 Å². The molecule has 1 aromatic carbocycles. The maximum Gasteiger partial charge on any atom is 0.191 e. The van der Waals surface area contributed by atoms with Crippen LogP contribution in [0.3, 0.4) is 0 Å². The Bertz CT molecular complexity index is 537. The van der Waals surface area contributed by atoms with Gasteiger partial charge in [-0.15, -0.1) is 24.0 Å². The molecule has 0 spiro atoms. The zero-order valence-corrected chi connectivity index (χ0v) is 17.9. The van der Waals surface area contributed by atoms with E-state index < -0.39 is 0 Å². The Balaban J connectivity index is 0.00000192. The van der Waals surface area contributed by atoms with E-state index in [0.717, 1.165) is 54.7 Å². The quantitative estimate of drug-likeness (QED) is 0.385. The molecule has 0 aromatic heterocycles. The van der Waals surface area contributed by atoms with Crippen molar-refractivity contribution in [2.24, 2.45) is 16.6 Å². The first-order valence-electron chi connectivity index (χ1n) is 7.85. The van der Waals surface area contributed by atoms with Crippen LogP contribution in [-0.2, 0) is 0 Å². The Hall–Kier alpha value is -0.150. The van der Waals surface area contributed by atoms with E-state index >= 15 is 0 Å². The summed E-state index contributed by atoms with van der Waals surface area (Å²) in [5.41, 5.74) is 7.43. The Labute approximate surface area is 168 Å². The fraction of sp³-hybridized carbons (Fsp3) is 0.562. The SMILES string of the molecule is I.NC(=NCC1CCN(c2cccc(Br)c2)C1)N1CCSCC1. The van der Waals surface area contributed by atoms with Gasteiger partial charge in [0.05, 0.1) is 0 Å². The van der Waals surface area contributed by atoms with E-state index in [9.17, 15) is 0 Å². The van der Waals surface area contributed by atoms with E-state index in [1.165, 1.54) is 12.1 Å². The maximum absolute atomic E-state index is 6.14. The average Bonchev–Trinajstić information content (AvgIpc) is 3.02. The molecule has 2 aliphatic heterocycles. The number of halogens is 2.